The first-order valence-corrected chi connectivity index (χ1v) is 6.36. The molecular weight excluding hydrogens is 229 g/mol. The van der Waals surface area contributed by atoms with Crippen molar-refractivity contribution in [1.82, 2.24) is 4.90 Å². The summed E-state index contributed by atoms with van der Waals surface area (Å²) in [6.45, 7) is 5.77. The predicted octanol–water partition coefficient (Wildman–Crippen LogP) is 2.78. The van der Waals surface area contributed by atoms with E-state index in [0.29, 0.717) is 24.9 Å². The highest BCUT2D eigenvalue weighted by molar-refractivity contribution is 4.86. The summed E-state index contributed by atoms with van der Waals surface area (Å²) in [6.07, 6.45) is -2.78. The molecule has 0 spiro atoms. The van der Waals surface area contributed by atoms with Crippen LogP contribution in [0, 0.1) is 5.92 Å². The first kappa shape index (κ1) is 14.8. The Morgan fingerprint density at radius 1 is 1.41 bits per heavy atom. The molecule has 1 aliphatic heterocycles. The van der Waals surface area contributed by atoms with Crippen LogP contribution in [0.3, 0.4) is 0 Å². The molecule has 2 N–H and O–H groups in total. The van der Waals surface area contributed by atoms with E-state index in [2.05, 4.69) is 11.8 Å². The first-order valence-electron chi connectivity index (χ1n) is 6.36. The van der Waals surface area contributed by atoms with Crippen molar-refractivity contribution in [2.24, 2.45) is 11.7 Å². The smallest absolute Gasteiger partial charge is 0.330 e. The molecular formula is C12H23F3N2. The van der Waals surface area contributed by atoms with Crippen molar-refractivity contribution in [3.8, 4) is 0 Å². The summed E-state index contributed by atoms with van der Waals surface area (Å²) in [5.74, 6) is 0.509. The summed E-state index contributed by atoms with van der Waals surface area (Å²) in [5, 5.41) is 0. The summed E-state index contributed by atoms with van der Waals surface area (Å²) in [5.41, 5.74) is 5.64. The Morgan fingerprint density at radius 2 is 2.06 bits per heavy atom. The summed E-state index contributed by atoms with van der Waals surface area (Å²) in [4.78, 5) is 2.30. The lowest BCUT2D eigenvalue weighted by atomic mass is 10.1. The van der Waals surface area contributed by atoms with E-state index >= 15 is 0 Å². The number of likely N-dealkylation sites (tertiary alicyclic amines) is 1. The number of nitrogens with zero attached hydrogens (tertiary/aromatic N) is 1. The van der Waals surface area contributed by atoms with Crippen molar-refractivity contribution in [2.75, 3.05) is 13.1 Å². The quantitative estimate of drug-likeness (QED) is 0.815. The molecule has 102 valence electrons. The maximum atomic E-state index is 12.0. The Bertz CT molecular complexity index is 230. The number of hydrogen-bond acceptors (Lipinski definition) is 2. The SMILES string of the molecule is CC(CCCC(F)(F)F)N1CC(CN)CC1C. The lowest BCUT2D eigenvalue weighted by Crippen LogP contribution is -2.36. The van der Waals surface area contributed by atoms with Gasteiger partial charge < -0.3 is 5.73 Å². The highest BCUT2D eigenvalue weighted by Gasteiger charge is 2.32. The van der Waals surface area contributed by atoms with Crippen LogP contribution in [-0.4, -0.2) is 36.2 Å². The fraction of sp³-hybridized carbons (Fsp3) is 1.00. The average Bonchev–Trinajstić information content (AvgIpc) is 2.57. The highest BCUT2D eigenvalue weighted by Crippen LogP contribution is 2.28. The second-order valence-electron chi connectivity index (χ2n) is 5.24. The normalized spacial score (nSPS) is 28.6. The van der Waals surface area contributed by atoms with Gasteiger partial charge in [-0.05, 0) is 45.6 Å². The lowest BCUT2D eigenvalue weighted by molar-refractivity contribution is -0.136. The van der Waals surface area contributed by atoms with Crippen LogP contribution in [0.15, 0.2) is 0 Å². The van der Waals surface area contributed by atoms with E-state index in [1.54, 1.807) is 0 Å². The Hall–Kier alpha value is -0.290. The van der Waals surface area contributed by atoms with Gasteiger partial charge in [-0.15, -0.1) is 0 Å². The van der Waals surface area contributed by atoms with E-state index < -0.39 is 12.6 Å². The minimum absolute atomic E-state index is 0.223. The summed E-state index contributed by atoms with van der Waals surface area (Å²) in [6, 6.07) is 0.674. The second-order valence-corrected chi connectivity index (χ2v) is 5.24. The van der Waals surface area contributed by atoms with Crippen LogP contribution in [0.2, 0.25) is 0 Å². The Labute approximate surface area is 101 Å². The first-order chi connectivity index (χ1) is 7.83. The van der Waals surface area contributed by atoms with Crippen LogP contribution in [0.25, 0.3) is 0 Å². The van der Waals surface area contributed by atoms with Crippen LogP contribution in [0.1, 0.15) is 39.5 Å². The van der Waals surface area contributed by atoms with Crippen molar-refractivity contribution in [2.45, 2.75) is 57.8 Å². The van der Waals surface area contributed by atoms with Gasteiger partial charge in [0.05, 0.1) is 0 Å². The van der Waals surface area contributed by atoms with Gasteiger partial charge in [-0.3, -0.25) is 4.90 Å². The molecule has 0 bridgehead atoms. The van der Waals surface area contributed by atoms with Gasteiger partial charge in [0.1, 0.15) is 0 Å². The number of hydrogen-bond donors (Lipinski definition) is 1. The van der Waals surface area contributed by atoms with Gasteiger partial charge in [0.15, 0.2) is 0 Å². The zero-order chi connectivity index (χ0) is 13.1. The van der Waals surface area contributed by atoms with Crippen molar-refractivity contribution in [1.29, 1.82) is 0 Å². The molecule has 1 aliphatic rings. The van der Waals surface area contributed by atoms with Gasteiger partial charge in [-0.1, -0.05) is 0 Å². The van der Waals surface area contributed by atoms with Gasteiger partial charge in [0, 0.05) is 25.0 Å². The van der Waals surface area contributed by atoms with Crippen molar-refractivity contribution in [3.05, 3.63) is 0 Å². The van der Waals surface area contributed by atoms with E-state index in [1.807, 2.05) is 6.92 Å². The number of alkyl halides is 3. The largest absolute Gasteiger partial charge is 0.389 e. The summed E-state index contributed by atoms with van der Waals surface area (Å²) in [7, 11) is 0. The van der Waals surface area contributed by atoms with Crippen LogP contribution >= 0.6 is 0 Å². The van der Waals surface area contributed by atoms with Crippen LogP contribution < -0.4 is 5.73 Å². The predicted molar refractivity (Wildman–Crippen MR) is 62.7 cm³/mol. The Kier molecular flexibility index (Phi) is 5.25. The highest BCUT2D eigenvalue weighted by atomic mass is 19.4. The number of nitrogens with two attached hydrogens (primary N) is 1. The minimum atomic E-state index is -4.02. The third-order valence-corrected chi connectivity index (χ3v) is 3.69. The monoisotopic (exact) mass is 252 g/mol. The molecule has 0 aliphatic carbocycles. The fourth-order valence-electron chi connectivity index (χ4n) is 2.72. The molecule has 3 atom stereocenters. The molecule has 0 aromatic heterocycles. The molecule has 17 heavy (non-hydrogen) atoms. The molecule has 2 nitrogen and oxygen atoms in total. The molecule has 0 amide bonds. The topological polar surface area (TPSA) is 29.3 Å². The molecule has 0 saturated carbocycles. The number of halogens is 3. The molecule has 1 saturated heterocycles. The van der Waals surface area contributed by atoms with Crippen molar-refractivity contribution < 1.29 is 13.2 Å². The molecule has 1 heterocycles. The maximum Gasteiger partial charge on any atom is 0.389 e. The standard InChI is InChI=1S/C12H23F3N2/c1-9(4-3-5-12(13,14)15)17-8-11(7-16)6-10(17)2/h9-11H,3-8,16H2,1-2H3. The third-order valence-electron chi connectivity index (χ3n) is 3.69. The second kappa shape index (κ2) is 6.05. The van der Waals surface area contributed by atoms with E-state index in [9.17, 15) is 13.2 Å². The van der Waals surface area contributed by atoms with Gasteiger partial charge in [0.2, 0.25) is 0 Å². The molecule has 5 heteroatoms. The molecule has 0 radical (unpaired) electrons. The minimum Gasteiger partial charge on any atom is -0.330 e. The molecule has 0 aromatic rings. The van der Waals surface area contributed by atoms with E-state index in [4.69, 9.17) is 5.73 Å². The van der Waals surface area contributed by atoms with Crippen molar-refractivity contribution in [3.63, 3.8) is 0 Å². The van der Waals surface area contributed by atoms with Gasteiger partial charge in [-0.25, -0.2) is 0 Å². The van der Waals surface area contributed by atoms with Gasteiger partial charge in [-0.2, -0.15) is 13.2 Å². The molecule has 0 aromatic carbocycles. The zero-order valence-corrected chi connectivity index (χ0v) is 10.6. The van der Waals surface area contributed by atoms with Crippen LogP contribution in [0.5, 0.6) is 0 Å². The van der Waals surface area contributed by atoms with E-state index in [0.717, 1.165) is 13.0 Å². The maximum absolute atomic E-state index is 12.0. The average molecular weight is 252 g/mol. The lowest BCUT2D eigenvalue weighted by Gasteiger charge is -2.28. The summed E-state index contributed by atoms with van der Waals surface area (Å²) >= 11 is 0. The van der Waals surface area contributed by atoms with Crippen LogP contribution in [-0.2, 0) is 0 Å². The van der Waals surface area contributed by atoms with Gasteiger partial charge >= 0.3 is 6.18 Å². The van der Waals surface area contributed by atoms with Crippen molar-refractivity contribution >= 4 is 0 Å². The molecule has 3 unspecified atom stereocenters. The molecule has 1 rings (SSSR count). The number of rotatable bonds is 5. The Balaban J connectivity index is 2.30. The van der Waals surface area contributed by atoms with E-state index in [1.165, 1.54) is 0 Å². The van der Waals surface area contributed by atoms with Crippen LogP contribution in [0.4, 0.5) is 13.2 Å². The zero-order valence-electron chi connectivity index (χ0n) is 10.6. The summed E-state index contributed by atoms with van der Waals surface area (Å²) < 4.78 is 36.1. The fourth-order valence-corrected chi connectivity index (χ4v) is 2.72. The van der Waals surface area contributed by atoms with E-state index in [-0.39, 0.29) is 12.5 Å². The molecule has 1 fully saturated rings. The third kappa shape index (κ3) is 4.84. The van der Waals surface area contributed by atoms with Gasteiger partial charge in [0.25, 0.3) is 0 Å². The Morgan fingerprint density at radius 3 is 2.53 bits per heavy atom.